The first-order valence-electron chi connectivity index (χ1n) is 9.37. The van der Waals surface area contributed by atoms with Crippen LogP contribution < -0.4 is 64.8 Å². The average molecular weight is 424 g/mol. The van der Waals surface area contributed by atoms with E-state index in [2.05, 4.69) is 19.1 Å². The first-order valence-corrected chi connectivity index (χ1v) is 10.7. The van der Waals surface area contributed by atoms with E-state index in [0.29, 0.717) is 6.42 Å². The van der Waals surface area contributed by atoms with Crippen molar-refractivity contribution in [1.82, 2.24) is 0 Å². The summed E-state index contributed by atoms with van der Waals surface area (Å²) in [4.78, 5) is 10.5. The van der Waals surface area contributed by atoms with Gasteiger partial charge in [-0.3, -0.25) is 13.2 Å². The van der Waals surface area contributed by atoms with E-state index >= 15 is 0 Å². The monoisotopic (exact) mass is 423 g/mol. The van der Waals surface area contributed by atoms with Gasteiger partial charge >= 0.3 is 59.1 Å². The van der Waals surface area contributed by atoms with E-state index in [1.54, 1.807) is 0 Å². The number of allylic oxidation sites excluding steroid dienone is 2. The van der Waals surface area contributed by atoms with Crippen molar-refractivity contribution < 1.29 is 81.4 Å². The average Bonchev–Trinajstić information content (AvgIpc) is 2.49. The van der Waals surface area contributed by atoms with Crippen LogP contribution in [0.1, 0.15) is 96.8 Å². The van der Waals surface area contributed by atoms with Crippen LogP contribution in [0.5, 0.6) is 0 Å². The van der Waals surface area contributed by atoms with Crippen molar-refractivity contribution in [2.75, 3.05) is 0 Å². The number of rotatable bonds is 15. The predicted octanol–water partition coefficient (Wildman–Crippen LogP) is -1.82. The number of hydrogen-bond donors (Lipinski definition) is 1. The number of carbonyl (C=O) groups is 1. The van der Waals surface area contributed by atoms with Gasteiger partial charge in [-0.1, -0.05) is 70.4 Å². The molecule has 9 heteroatoms. The van der Waals surface area contributed by atoms with Gasteiger partial charge in [-0.05, 0) is 32.1 Å². The number of nitrogens with two attached hydrogens (primary N) is 1. The summed E-state index contributed by atoms with van der Waals surface area (Å²) >= 11 is 0. The third kappa shape index (κ3) is 52.1. The van der Waals surface area contributed by atoms with Crippen LogP contribution in [0.15, 0.2) is 12.2 Å². The molecule has 0 radical (unpaired) electrons. The number of unbranched alkanes of at least 4 members (excludes halogenated alkanes) is 11. The Morgan fingerprint density at radius 2 is 1.11 bits per heavy atom. The fraction of sp³-hybridized carbons (Fsp3) is 0.833. The van der Waals surface area contributed by atoms with Gasteiger partial charge < -0.3 is 14.8 Å². The Morgan fingerprint density at radius 1 is 0.778 bits per heavy atom. The smallest absolute Gasteiger partial charge is 0.759 e. The van der Waals surface area contributed by atoms with Crippen molar-refractivity contribution in [3.8, 4) is 0 Å². The molecule has 0 unspecified atom stereocenters. The van der Waals surface area contributed by atoms with Crippen molar-refractivity contribution in [2.45, 2.75) is 96.8 Å². The predicted molar refractivity (Wildman–Crippen MR) is 99.1 cm³/mol. The van der Waals surface area contributed by atoms with Crippen LogP contribution in [0.25, 0.3) is 0 Å². The van der Waals surface area contributed by atoms with Gasteiger partial charge in [0.2, 0.25) is 5.91 Å². The molecule has 0 fully saturated rings. The second kappa shape index (κ2) is 27.1. The molecule has 0 bridgehead atoms. The molecule has 0 saturated heterocycles. The third-order valence-electron chi connectivity index (χ3n) is 3.68. The van der Waals surface area contributed by atoms with Crippen molar-refractivity contribution >= 4 is 16.3 Å². The second-order valence-corrected chi connectivity index (χ2v) is 7.03. The van der Waals surface area contributed by atoms with Gasteiger partial charge in [0.05, 0.1) is 0 Å². The zero-order valence-electron chi connectivity index (χ0n) is 17.6. The maximum atomic E-state index is 10.5. The van der Waals surface area contributed by atoms with Crippen LogP contribution in [-0.4, -0.2) is 23.4 Å². The molecule has 0 atom stereocenters. The van der Waals surface area contributed by atoms with Gasteiger partial charge in [0.15, 0.2) is 0 Å². The van der Waals surface area contributed by atoms with Crippen LogP contribution in [0.4, 0.5) is 0 Å². The summed E-state index contributed by atoms with van der Waals surface area (Å²) in [6.45, 7) is 2.26. The minimum absolute atomic E-state index is 0. The van der Waals surface area contributed by atoms with Crippen LogP contribution >= 0.6 is 0 Å². The second-order valence-electron chi connectivity index (χ2n) is 6.21. The Hall–Kier alpha value is 1.08. The number of primary amides is 1. The summed E-state index contributed by atoms with van der Waals surface area (Å²) in [5.74, 6) is -0.164. The van der Waals surface area contributed by atoms with E-state index in [0.717, 1.165) is 12.8 Å². The first kappa shape index (κ1) is 35.5. The van der Waals surface area contributed by atoms with E-state index in [4.69, 9.17) is 23.3 Å². The molecule has 6 nitrogen and oxygen atoms in total. The summed E-state index contributed by atoms with van der Waals surface area (Å²) in [7, 11) is -5.17. The molecule has 0 aliphatic heterocycles. The number of amides is 1. The third-order valence-corrected chi connectivity index (χ3v) is 3.68. The Kier molecular flexibility index (Phi) is 35.6. The van der Waals surface area contributed by atoms with Gasteiger partial charge in [0, 0.05) is 16.8 Å². The first-order chi connectivity index (χ1) is 11.8. The fourth-order valence-corrected chi connectivity index (χ4v) is 2.37. The van der Waals surface area contributed by atoms with Crippen molar-refractivity contribution in [2.24, 2.45) is 5.73 Å². The summed E-state index contributed by atoms with van der Waals surface area (Å²) in [6.07, 6.45) is 21.9. The molecule has 0 aromatic rings. The van der Waals surface area contributed by atoms with Gasteiger partial charge in [0.25, 0.3) is 0 Å². The van der Waals surface area contributed by atoms with Crippen LogP contribution in [0.2, 0.25) is 0 Å². The van der Waals surface area contributed by atoms with E-state index < -0.39 is 10.4 Å². The molecule has 0 aliphatic rings. The molecular formula is C18H35NNa2O5S. The maximum Gasteiger partial charge on any atom is 1.00 e. The molecule has 2 N–H and O–H groups in total. The quantitative estimate of drug-likeness (QED) is 0.109. The molecule has 0 aromatic carbocycles. The molecule has 0 heterocycles. The zero-order chi connectivity index (χ0) is 19.4. The topological polar surface area (TPSA) is 123 Å². The van der Waals surface area contributed by atoms with Crippen LogP contribution in [0, 0.1) is 0 Å². The Balaban J connectivity index is -0.000000333. The van der Waals surface area contributed by atoms with Gasteiger partial charge in [-0.25, -0.2) is 0 Å². The molecule has 0 aromatic heterocycles. The number of hydrogen-bond acceptors (Lipinski definition) is 5. The maximum absolute atomic E-state index is 10.5. The minimum Gasteiger partial charge on any atom is -0.759 e. The van der Waals surface area contributed by atoms with Crippen molar-refractivity contribution in [3.63, 3.8) is 0 Å². The minimum atomic E-state index is -5.17. The van der Waals surface area contributed by atoms with E-state index in [1.807, 2.05) is 0 Å². The summed E-state index contributed by atoms with van der Waals surface area (Å²) in [5, 5.41) is 0. The van der Waals surface area contributed by atoms with Gasteiger partial charge in [0.1, 0.15) is 0 Å². The van der Waals surface area contributed by atoms with Gasteiger partial charge in [-0.15, -0.1) is 0 Å². The molecule has 150 valence electrons. The number of carbonyl (C=O) groups excluding carboxylic acids is 1. The van der Waals surface area contributed by atoms with Crippen molar-refractivity contribution in [3.05, 3.63) is 12.2 Å². The molecule has 0 aliphatic carbocycles. The normalized spacial score (nSPS) is 10.5. The Bertz CT molecular complexity index is 423. The molecule has 27 heavy (non-hydrogen) atoms. The molecule has 1 amide bonds. The summed E-state index contributed by atoms with van der Waals surface area (Å²) in [6, 6.07) is 0. The SMILES string of the molecule is CCCCCCCCC=CCCCCCCCC(N)=O.O=S(=O)([O-])[O-].[Na+].[Na+]. The molecular weight excluding hydrogens is 388 g/mol. The van der Waals surface area contributed by atoms with Crippen molar-refractivity contribution in [1.29, 1.82) is 0 Å². The Morgan fingerprint density at radius 3 is 1.48 bits per heavy atom. The molecule has 0 saturated carbocycles. The molecule has 0 spiro atoms. The zero-order valence-corrected chi connectivity index (χ0v) is 22.4. The largest absolute Gasteiger partial charge is 1.00 e. The van der Waals surface area contributed by atoms with Crippen LogP contribution in [0.3, 0.4) is 0 Å². The standard InChI is InChI=1S/C18H35NO.2Na.H2O4S/c1-2-3-4-5-6-7-8-9-10-11-12-13-14-15-16-17-18(19)20;;;1-5(2,3)4/h9-10H,2-8,11-17H2,1H3,(H2,19,20);;;(H2,1,2,3,4)/q;2*+1;/p-2. The summed E-state index contributed by atoms with van der Waals surface area (Å²) in [5.41, 5.74) is 5.10. The fourth-order valence-electron chi connectivity index (χ4n) is 2.37. The van der Waals surface area contributed by atoms with E-state index in [9.17, 15) is 4.79 Å². The van der Waals surface area contributed by atoms with E-state index in [-0.39, 0.29) is 65.0 Å². The summed E-state index contributed by atoms with van der Waals surface area (Å²) < 4.78 is 34.1. The van der Waals surface area contributed by atoms with Gasteiger partial charge in [-0.2, -0.15) is 0 Å². The van der Waals surface area contributed by atoms with E-state index in [1.165, 1.54) is 70.6 Å². The van der Waals surface area contributed by atoms with Crippen LogP contribution in [-0.2, 0) is 15.2 Å². The molecule has 0 rings (SSSR count). The Labute approximate surface area is 210 Å².